The maximum Gasteiger partial charge on any atom is 0.241 e. The summed E-state index contributed by atoms with van der Waals surface area (Å²) in [6, 6.07) is 2.65. The number of halogens is 1. The van der Waals surface area contributed by atoms with Gasteiger partial charge in [-0.25, -0.2) is 17.5 Å². The molecule has 0 amide bonds. The van der Waals surface area contributed by atoms with Crippen molar-refractivity contribution in [2.24, 2.45) is 5.73 Å². The van der Waals surface area contributed by atoms with Crippen LogP contribution in [-0.4, -0.2) is 27.2 Å². The molecule has 0 unspecified atom stereocenters. The summed E-state index contributed by atoms with van der Waals surface area (Å²) in [4.78, 5) is -0.0877. The molecule has 0 aromatic heterocycles. The van der Waals surface area contributed by atoms with Gasteiger partial charge in [-0.3, -0.25) is 0 Å². The number of sulfonamides is 1. The molecule has 21 heavy (non-hydrogen) atoms. The smallest absolute Gasteiger partial charge is 0.241 e. The fourth-order valence-electron chi connectivity index (χ4n) is 1.89. The van der Waals surface area contributed by atoms with Gasteiger partial charge in [0, 0.05) is 25.3 Å². The molecule has 0 spiro atoms. The van der Waals surface area contributed by atoms with E-state index in [1.54, 1.807) is 13.8 Å². The Bertz CT molecular complexity index is 600. The molecule has 1 aromatic carbocycles. The summed E-state index contributed by atoms with van der Waals surface area (Å²) in [5.41, 5.74) is 5.33. The number of hydrogen-bond donors (Lipinski definition) is 2. The fourth-order valence-corrected chi connectivity index (χ4v) is 3.39. The van der Waals surface area contributed by atoms with Crippen LogP contribution in [-0.2, 0) is 21.3 Å². The first-order valence-corrected chi connectivity index (χ1v) is 8.24. The minimum absolute atomic E-state index is 0.0736. The summed E-state index contributed by atoms with van der Waals surface area (Å²) >= 11 is 0. The van der Waals surface area contributed by atoms with E-state index >= 15 is 0 Å². The molecule has 0 radical (unpaired) electrons. The van der Waals surface area contributed by atoms with E-state index in [9.17, 15) is 12.8 Å². The molecule has 120 valence electrons. The maximum absolute atomic E-state index is 13.8. The zero-order valence-electron chi connectivity index (χ0n) is 12.9. The number of benzene rings is 1. The Morgan fingerprint density at radius 1 is 1.38 bits per heavy atom. The van der Waals surface area contributed by atoms with E-state index in [0.717, 1.165) is 0 Å². The number of hydrogen-bond acceptors (Lipinski definition) is 4. The minimum Gasteiger partial charge on any atom is -0.375 e. The summed E-state index contributed by atoms with van der Waals surface area (Å²) in [5, 5.41) is 0. The van der Waals surface area contributed by atoms with Crippen LogP contribution in [0, 0.1) is 12.7 Å². The summed E-state index contributed by atoms with van der Waals surface area (Å²) in [7, 11) is -3.82. The molecule has 5 nitrogen and oxygen atoms in total. The van der Waals surface area contributed by atoms with Crippen molar-refractivity contribution in [3.63, 3.8) is 0 Å². The van der Waals surface area contributed by atoms with Gasteiger partial charge in [-0.2, -0.15) is 0 Å². The standard InChI is InChI=1S/C14H23FN2O3S/c1-5-20-14(3,4)9-17-21(18,19)13-7-11(8-16)6-12(15)10(13)2/h6-7,17H,5,8-9,16H2,1-4H3. The van der Waals surface area contributed by atoms with Crippen molar-refractivity contribution in [3.8, 4) is 0 Å². The van der Waals surface area contributed by atoms with Gasteiger partial charge in [0.05, 0.1) is 10.5 Å². The van der Waals surface area contributed by atoms with Crippen molar-refractivity contribution in [3.05, 3.63) is 29.1 Å². The second-order valence-corrected chi connectivity index (χ2v) is 7.16. The van der Waals surface area contributed by atoms with E-state index in [4.69, 9.17) is 10.5 Å². The van der Waals surface area contributed by atoms with E-state index in [-0.39, 0.29) is 23.5 Å². The van der Waals surface area contributed by atoms with Crippen LogP contribution < -0.4 is 10.5 Å². The lowest BCUT2D eigenvalue weighted by molar-refractivity contribution is -0.00515. The van der Waals surface area contributed by atoms with Crippen LogP contribution in [0.5, 0.6) is 0 Å². The van der Waals surface area contributed by atoms with E-state index in [1.165, 1.54) is 19.1 Å². The van der Waals surface area contributed by atoms with E-state index in [2.05, 4.69) is 4.72 Å². The van der Waals surface area contributed by atoms with Gasteiger partial charge in [0.1, 0.15) is 5.82 Å². The highest BCUT2D eigenvalue weighted by Gasteiger charge is 2.24. The highest BCUT2D eigenvalue weighted by molar-refractivity contribution is 7.89. The highest BCUT2D eigenvalue weighted by Crippen LogP contribution is 2.21. The van der Waals surface area contributed by atoms with Crippen molar-refractivity contribution in [2.75, 3.05) is 13.2 Å². The van der Waals surface area contributed by atoms with Gasteiger partial charge in [-0.1, -0.05) is 0 Å². The first-order chi connectivity index (χ1) is 9.63. The fraction of sp³-hybridized carbons (Fsp3) is 0.571. The van der Waals surface area contributed by atoms with Crippen LogP contribution in [0.2, 0.25) is 0 Å². The Morgan fingerprint density at radius 2 is 2.00 bits per heavy atom. The van der Waals surface area contributed by atoms with Crippen LogP contribution in [0.3, 0.4) is 0 Å². The van der Waals surface area contributed by atoms with Gasteiger partial charge in [0.25, 0.3) is 0 Å². The van der Waals surface area contributed by atoms with Gasteiger partial charge < -0.3 is 10.5 Å². The lowest BCUT2D eigenvalue weighted by atomic mass is 10.1. The van der Waals surface area contributed by atoms with E-state index < -0.39 is 21.4 Å². The SMILES string of the molecule is CCOC(C)(C)CNS(=O)(=O)c1cc(CN)cc(F)c1C. The predicted octanol–water partition coefficient (Wildman–Crippen LogP) is 1.69. The van der Waals surface area contributed by atoms with Crippen molar-refractivity contribution in [1.29, 1.82) is 0 Å². The van der Waals surface area contributed by atoms with Crippen molar-refractivity contribution < 1.29 is 17.5 Å². The van der Waals surface area contributed by atoms with Crippen molar-refractivity contribution in [1.82, 2.24) is 4.72 Å². The summed E-state index contributed by atoms with van der Waals surface area (Å²) in [6.45, 7) is 7.47. The molecule has 0 aliphatic carbocycles. The lowest BCUT2D eigenvalue weighted by Gasteiger charge is -2.25. The van der Waals surface area contributed by atoms with Crippen LogP contribution >= 0.6 is 0 Å². The minimum atomic E-state index is -3.82. The zero-order chi connectivity index (χ0) is 16.3. The molecule has 0 fully saturated rings. The van der Waals surface area contributed by atoms with Crippen LogP contribution in [0.15, 0.2) is 17.0 Å². The van der Waals surface area contributed by atoms with E-state index in [0.29, 0.717) is 12.2 Å². The van der Waals surface area contributed by atoms with Crippen molar-refractivity contribution in [2.45, 2.75) is 44.7 Å². The number of rotatable bonds is 7. The Labute approximate surface area is 125 Å². The molecule has 3 N–H and O–H groups in total. The first-order valence-electron chi connectivity index (χ1n) is 6.75. The predicted molar refractivity (Wildman–Crippen MR) is 79.9 cm³/mol. The summed E-state index contributed by atoms with van der Waals surface area (Å²) in [5.74, 6) is -0.581. The number of ether oxygens (including phenoxy) is 1. The van der Waals surface area contributed by atoms with Gasteiger partial charge in [0.15, 0.2) is 0 Å². The third-order valence-electron chi connectivity index (χ3n) is 3.10. The second kappa shape index (κ2) is 6.83. The Hall–Kier alpha value is -1.02. The van der Waals surface area contributed by atoms with Crippen LogP contribution in [0.1, 0.15) is 31.9 Å². The number of nitrogens with one attached hydrogen (secondary N) is 1. The molecular formula is C14H23FN2O3S. The van der Waals surface area contributed by atoms with E-state index in [1.807, 2.05) is 6.92 Å². The van der Waals surface area contributed by atoms with Crippen LogP contribution in [0.4, 0.5) is 4.39 Å². The second-order valence-electron chi connectivity index (χ2n) is 5.42. The molecule has 0 aliphatic heterocycles. The highest BCUT2D eigenvalue weighted by atomic mass is 32.2. The molecule has 1 rings (SSSR count). The number of nitrogens with two attached hydrogens (primary N) is 1. The summed E-state index contributed by atoms with van der Waals surface area (Å²) in [6.07, 6.45) is 0. The molecule has 0 saturated heterocycles. The summed E-state index contributed by atoms with van der Waals surface area (Å²) < 4.78 is 46.4. The molecule has 0 heterocycles. The van der Waals surface area contributed by atoms with Gasteiger partial charge in [-0.05, 0) is 45.4 Å². The van der Waals surface area contributed by atoms with Gasteiger partial charge in [0.2, 0.25) is 10.0 Å². The normalized spacial score (nSPS) is 12.7. The third kappa shape index (κ3) is 4.74. The Balaban J connectivity index is 3.06. The van der Waals surface area contributed by atoms with Gasteiger partial charge >= 0.3 is 0 Å². The zero-order valence-corrected chi connectivity index (χ0v) is 13.7. The molecule has 7 heteroatoms. The third-order valence-corrected chi connectivity index (χ3v) is 4.63. The molecule has 1 aromatic rings. The quantitative estimate of drug-likeness (QED) is 0.801. The van der Waals surface area contributed by atoms with Crippen molar-refractivity contribution >= 4 is 10.0 Å². The average Bonchev–Trinajstić information content (AvgIpc) is 2.39. The maximum atomic E-state index is 13.8. The average molecular weight is 318 g/mol. The lowest BCUT2D eigenvalue weighted by Crippen LogP contribution is -2.40. The Kier molecular flexibility index (Phi) is 5.86. The molecule has 0 saturated carbocycles. The van der Waals surface area contributed by atoms with Gasteiger partial charge in [-0.15, -0.1) is 0 Å². The van der Waals surface area contributed by atoms with Crippen LogP contribution in [0.25, 0.3) is 0 Å². The largest absolute Gasteiger partial charge is 0.375 e. The molecular weight excluding hydrogens is 295 g/mol. The monoisotopic (exact) mass is 318 g/mol. The first kappa shape index (κ1) is 18.0. The molecule has 0 aliphatic rings. The Morgan fingerprint density at radius 3 is 2.52 bits per heavy atom. The topological polar surface area (TPSA) is 81.4 Å². The molecule has 0 bridgehead atoms. The molecule has 0 atom stereocenters.